The Morgan fingerprint density at radius 1 is 1.20 bits per heavy atom. The van der Waals surface area contributed by atoms with Crippen LogP contribution in [0.2, 0.25) is 0 Å². The highest BCUT2D eigenvalue weighted by molar-refractivity contribution is 4.60. The Bertz CT molecular complexity index is 71.7. The van der Waals surface area contributed by atoms with E-state index in [1.807, 2.05) is 6.92 Å². The zero-order chi connectivity index (χ0) is 7.66. The van der Waals surface area contributed by atoms with Crippen LogP contribution in [-0.4, -0.2) is 26.4 Å². The van der Waals surface area contributed by atoms with Gasteiger partial charge in [-0.1, -0.05) is 12.7 Å². The van der Waals surface area contributed by atoms with Gasteiger partial charge in [0.05, 0.1) is 19.8 Å². The summed E-state index contributed by atoms with van der Waals surface area (Å²) in [5.41, 5.74) is 0. The Kier molecular flexibility index (Phi) is 8.37. The molecular formula is C8H15O2. The monoisotopic (exact) mass is 143 g/mol. The molecule has 0 aromatic heterocycles. The fourth-order valence-corrected chi connectivity index (χ4v) is 0.516. The lowest BCUT2D eigenvalue weighted by molar-refractivity contribution is 0.0547. The lowest BCUT2D eigenvalue weighted by Crippen LogP contribution is -2.04. The van der Waals surface area contributed by atoms with Gasteiger partial charge in [-0.25, -0.2) is 0 Å². The van der Waals surface area contributed by atoms with Crippen LogP contribution in [0.4, 0.5) is 0 Å². The Balaban J connectivity index is 2.70. The number of hydrogen-bond acceptors (Lipinski definition) is 2. The van der Waals surface area contributed by atoms with Crippen LogP contribution >= 0.6 is 0 Å². The van der Waals surface area contributed by atoms with Crippen LogP contribution in [0, 0.1) is 6.58 Å². The first-order valence-corrected chi connectivity index (χ1v) is 3.60. The third kappa shape index (κ3) is 7.66. The quantitative estimate of drug-likeness (QED) is 0.502. The summed E-state index contributed by atoms with van der Waals surface area (Å²) < 4.78 is 10.2. The minimum atomic E-state index is 0.668. The Morgan fingerprint density at radius 2 is 1.90 bits per heavy atom. The summed E-state index contributed by atoms with van der Waals surface area (Å²) in [4.78, 5) is 0. The summed E-state index contributed by atoms with van der Waals surface area (Å²) in [6.45, 7) is 9.90. The molecule has 0 fully saturated rings. The van der Waals surface area contributed by atoms with Gasteiger partial charge in [-0.15, -0.1) is 0 Å². The maximum atomic E-state index is 5.14. The van der Waals surface area contributed by atoms with Gasteiger partial charge in [0.15, 0.2) is 0 Å². The van der Waals surface area contributed by atoms with E-state index >= 15 is 0 Å². The minimum absolute atomic E-state index is 0.668. The molecule has 2 nitrogen and oxygen atoms in total. The van der Waals surface area contributed by atoms with Crippen molar-refractivity contribution in [3.05, 3.63) is 12.7 Å². The summed E-state index contributed by atoms with van der Waals surface area (Å²) in [6, 6.07) is 0. The average Bonchev–Trinajstić information content (AvgIpc) is 1.97. The highest BCUT2D eigenvalue weighted by Crippen LogP contribution is 1.82. The van der Waals surface area contributed by atoms with Gasteiger partial charge in [-0.2, -0.15) is 0 Å². The van der Waals surface area contributed by atoms with E-state index in [1.165, 1.54) is 0 Å². The second-order valence-electron chi connectivity index (χ2n) is 1.83. The molecule has 0 aliphatic heterocycles. The van der Waals surface area contributed by atoms with Crippen LogP contribution in [0.3, 0.4) is 0 Å². The summed E-state index contributed by atoms with van der Waals surface area (Å²) in [5, 5.41) is 0. The fraction of sp³-hybridized carbons (Fsp3) is 0.750. The van der Waals surface area contributed by atoms with E-state index in [0.29, 0.717) is 19.8 Å². The number of rotatable bonds is 7. The largest absolute Gasteiger partial charge is 0.379 e. The predicted molar refractivity (Wildman–Crippen MR) is 40.8 cm³/mol. The number of hydrogen-bond donors (Lipinski definition) is 0. The standard InChI is InChI=1S/C8H15O2/c1-3-5-6-10-8-7-9-4-2/h1,3H,4-8H2,2H3. The maximum Gasteiger partial charge on any atom is 0.0700 e. The fourth-order valence-electron chi connectivity index (χ4n) is 0.516. The molecule has 0 unspecified atom stereocenters. The lowest BCUT2D eigenvalue weighted by Gasteiger charge is -2.01. The molecule has 2 heteroatoms. The third-order valence-electron chi connectivity index (χ3n) is 1.00. The molecule has 0 bridgehead atoms. The molecule has 10 heavy (non-hydrogen) atoms. The average molecular weight is 143 g/mol. The van der Waals surface area contributed by atoms with Gasteiger partial charge in [0, 0.05) is 6.61 Å². The van der Waals surface area contributed by atoms with Gasteiger partial charge >= 0.3 is 0 Å². The second-order valence-corrected chi connectivity index (χ2v) is 1.83. The molecule has 0 aromatic rings. The molecule has 0 rings (SSSR count). The van der Waals surface area contributed by atoms with Crippen LogP contribution in [0.25, 0.3) is 0 Å². The van der Waals surface area contributed by atoms with Gasteiger partial charge in [-0.05, 0) is 13.3 Å². The normalized spacial score (nSPS) is 9.70. The van der Waals surface area contributed by atoms with Crippen LogP contribution in [-0.2, 0) is 9.47 Å². The topological polar surface area (TPSA) is 18.5 Å². The highest BCUT2D eigenvalue weighted by atomic mass is 16.5. The Hall–Kier alpha value is -0.340. The van der Waals surface area contributed by atoms with E-state index < -0.39 is 0 Å². The van der Waals surface area contributed by atoms with Crippen molar-refractivity contribution >= 4 is 0 Å². The molecule has 0 heterocycles. The van der Waals surface area contributed by atoms with Gasteiger partial charge in [-0.3, -0.25) is 0 Å². The summed E-state index contributed by atoms with van der Waals surface area (Å²) >= 11 is 0. The van der Waals surface area contributed by atoms with Crippen molar-refractivity contribution in [3.63, 3.8) is 0 Å². The summed E-state index contributed by atoms with van der Waals surface area (Å²) in [6.07, 6.45) is 2.41. The molecule has 0 aliphatic carbocycles. The van der Waals surface area contributed by atoms with Crippen LogP contribution in [0.15, 0.2) is 6.08 Å². The molecule has 0 saturated carbocycles. The van der Waals surface area contributed by atoms with E-state index in [9.17, 15) is 0 Å². The Morgan fingerprint density at radius 3 is 2.50 bits per heavy atom. The van der Waals surface area contributed by atoms with Crippen LogP contribution < -0.4 is 0 Å². The number of ether oxygens (including phenoxy) is 2. The SMILES string of the molecule is [CH]=CCCOCCOCC. The molecule has 59 valence electrons. The van der Waals surface area contributed by atoms with Crippen LogP contribution in [0.5, 0.6) is 0 Å². The van der Waals surface area contributed by atoms with Crippen molar-refractivity contribution in [2.24, 2.45) is 0 Å². The molecule has 1 radical (unpaired) electrons. The summed E-state index contributed by atoms with van der Waals surface area (Å²) in [5.74, 6) is 0. The van der Waals surface area contributed by atoms with Crippen molar-refractivity contribution in [1.29, 1.82) is 0 Å². The highest BCUT2D eigenvalue weighted by Gasteiger charge is 1.84. The molecule has 0 saturated heterocycles. The predicted octanol–water partition coefficient (Wildman–Crippen LogP) is 1.42. The van der Waals surface area contributed by atoms with Crippen molar-refractivity contribution in [3.8, 4) is 0 Å². The molecule has 0 amide bonds. The third-order valence-corrected chi connectivity index (χ3v) is 1.00. The van der Waals surface area contributed by atoms with Crippen molar-refractivity contribution in [2.75, 3.05) is 26.4 Å². The van der Waals surface area contributed by atoms with Gasteiger partial charge in [0.1, 0.15) is 0 Å². The van der Waals surface area contributed by atoms with Gasteiger partial charge in [0.25, 0.3) is 0 Å². The van der Waals surface area contributed by atoms with Crippen molar-refractivity contribution in [2.45, 2.75) is 13.3 Å². The molecule has 0 aliphatic rings. The molecule has 0 atom stereocenters. The zero-order valence-corrected chi connectivity index (χ0v) is 6.51. The second kappa shape index (κ2) is 8.66. The molecule has 0 N–H and O–H groups in total. The van der Waals surface area contributed by atoms with E-state index in [1.54, 1.807) is 6.08 Å². The molecule has 0 aromatic carbocycles. The van der Waals surface area contributed by atoms with Crippen molar-refractivity contribution < 1.29 is 9.47 Å². The van der Waals surface area contributed by atoms with E-state index in [4.69, 9.17) is 16.1 Å². The van der Waals surface area contributed by atoms with Gasteiger partial charge < -0.3 is 9.47 Å². The first-order chi connectivity index (χ1) is 4.91. The van der Waals surface area contributed by atoms with Crippen LogP contribution in [0.1, 0.15) is 13.3 Å². The summed E-state index contributed by atoms with van der Waals surface area (Å²) in [7, 11) is 0. The van der Waals surface area contributed by atoms with E-state index in [0.717, 1.165) is 13.0 Å². The Labute approximate surface area is 62.8 Å². The van der Waals surface area contributed by atoms with E-state index in [-0.39, 0.29) is 0 Å². The first kappa shape index (κ1) is 9.66. The molecular weight excluding hydrogens is 128 g/mol. The lowest BCUT2D eigenvalue weighted by atomic mass is 10.5. The first-order valence-electron chi connectivity index (χ1n) is 3.60. The maximum absolute atomic E-state index is 5.14. The zero-order valence-electron chi connectivity index (χ0n) is 6.51. The van der Waals surface area contributed by atoms with Gasteiger partial charge in [0.2, 0.25) is 0 Å². The molecule has 0 spiro atoms. The van der Waals surface area contributed by atoms with E-state index in [2.05, 4.69) is 0 Å². The smallest absolute Gasteiger partial charge is 0.0700 e. The van der Waals surface area contributed by atoms with Crippen molar-refractivity contribution in [1.82, 2.24) is 0 Å². The minimum Gasteiger partial charge on any atom is -0.379 e.